The Hall–Kier alpha value is -3.16. The van der Waals surface area contributed by atoms with E-state index in [4.69, 9.17) is 4.63 Å². The zero-order valence-corrected chi connectivity index (χ0v) is 11.8. The van der Waals surface area contributed by atoms with E-state index in [0.29, 0.717) is 23.8 Å². The van der Waals surface area contributed by atoms with Gasteiger partial charge in [0.2, 0.25) is 0 Å². The Balaban J connectivity index is 1.88. The third kappa shape index (κ3) is 2.01. The first-order chi connectivity index (χ1) is 10.8. The van der Waals surface area contributed by atoms with Gasteiger partial charge >= 0.3 is 0 Å². The summed E-state index contributed by atoms with van der Waals surface area (Å²) in [6.45, 7) is 2.41. The molecule has 0 spiro atoms. The SMILES string of the molecule is Cc1nonc1-c1nc2cccnc2n1CC1=CC=CNN1. The van der Waals surface area contributed by atoms with Gasteiger partial charge in [-0.2, -0.15) is 0 Å². The zero-order valence-electron chi connectivity index (χ0n) is 11.8. The van der Waals surface area contributed by atoms with Crippen molar-refractivity contribution in [1.82, 2.24) is 35.7 Å². The molecule has 0 saturated carbocycles. The Morgan fingerprint density at radius 2 is 2.27 bits per heavy atom. The van der Waals surface area contributed by atoms with Gasteiger partial charge in [0.05, 0.1) is 12.2 Å². The maximum Gasteiger partial charge on any atom is 0.173 e. The van der Waals surface area contributed by atoms with Gasteiger partial charge in [0.15, 0.2) is 17.2 Å². The molecule has 0 saturated heterocycles. The summed E-state index contributed by atoms with van der Waals surface area (Å²) in [7, 11) is 0. The van der Waals surface area contributed by atoms with Crippen LogP contribution in [0.15, 0.2) is 47.0 Å². The summed E-state index contributed by atoms with van der Waals surface area (Å²) in [5, 5.41) is 7.81. The maximum absolute atomic E-state index is 4.81. The number of aryl methyl sites for hydroxylation is 1. The average Bonchev–Trinajstić information content (AvgIpc) is 3.12. The summed E-state index contributed by atoms with van der Waals surface area (Å²) in [5.74, 6) is 0.685. The molecule has 1 aliphatic heterocycles. The van der Waals surface area contributed by atoms with Crippen LogP contribution in [0, 0.1) is 6.92 Å². The minimum absolute atomic E-state index is 0.576. The highest BCUT2D eigenvalue weighted by Gasteiger charge is 2.19. The second-order valence-corrected chi connectivity index (χ2v) is 4.89. The van der Waals surface area contributed by atoms with Crippen molar-refractivity contribution >= 4 is 11.2 Å². The van der Waals surface area contributed by atoms with E-state index in [9.17, 15) is 0 Å². The molecule has 0 atom stereocenters. The molecule has 0 fully saturated rings. The summed E-state index contributed by atoms with van der Waals surface area (Å²) in [6.07, 6.45) is 7.49. The standard InChI is InChI=1S/C14H13N7O/c1-9-12(20-22-19-9)14-17-11-5-3-6-15-13(11)21(14)8-10-4-2-7-16-18-10/h2-7,16,18H,8H2,1H3. The quantitative estimate of drug-likeness (QED) is 0.752. The van der Waals surface area contributed by atoms with Gasteiger partial charge in [-0.15, -0.1) is 0 Å². The second kappa shape index (κ2) is 4.99. The molecule has 22 heavy (non-hydrogen) atoms. The summed E-state index contributed by atoms with van der Waals surface area (Å²) < 4.78 is 6.80. The van der Waals surface area contributed by atoms with E-state index in [1.54, 1.807) is 6.20 Å². The number of hydrogen-bond donors (Lipinski definition) is 2. The molecule has 2 N–H and O–H groups in total. The Bertz CT molecular complexity index is 890. The van der Waals surface area contributed by atoms with Crippen LogP contribution in [0.1, 0.15) is 5.69 Å². The van der Waals surface area contributed by atoms with Crippen molar-refractivity contribution in [3.63, 3.8) is 0 Å². The van der Waals surface area contributed by atoms with Gasteiger partial charge in [-0.3, -0.25) is 0 Å². The van der Waals surface area contributed by atoms with Crippen LogP contribution in [-0.2, 0) is 6.54 Å². The van der Waals surface area contributed by atoms with Crippen molar-refractivity contribution in [1.29, 1.82) is 0 Å². The lowest BCUT2D eigenvalue weighted by Gasteiger charge is -2.15. The molecule has 0 unspecified atom stereocenters. The molecular formula is C14H13N7O. The predicted molar refractivity (Wildman–Crippen MR) is 79.1 cm³/mol. The number of imidazole rings is 1. The van der Waals surface area contributed by atoms with Crippen LogP contribution in [-0.4, -0.2) is 24.8 Å². The summed E-state index contributed by atoms with van der Waals surface area (Å²) in [4.78, 5) is 9.06. The van der Waals surface area contributed by atoms with Crippen molar-refractivity contribution in [2.24, 2.45) is 0 Å². The van der Waals surface area contributed by atoms with E-state index < -0.39 is 0 Å². The molecule has 0 bridgehead atoms. The number of nitrogens with zero attached hydrogens (tertiary/aromatic N) is 5. The van der Waals surface area contributed by atoms with Crippen molar-refractivity contribution in [3.05, 3.63) is 48.1 Å². The molecule has 110 valence electrons. The average molecular weight is 295 g/mol. The Kier molecular flexibility index (Phi) is 2.85. The van der Waals surface area contributed by atoms with Crippen LogP contribution in [0.3, 0.4) is 0 Å². The molecule has 0 amide bonds. The molecule has 3 aromatic rings. The Labute approximate surface area is 125 Å². The monoisotopic (exact) mass is 295 g/mol. The lowest BCUT2D eigenvalue weighted by molar-refractivity contribution is 0.305. The molecule has 0 aliphatic carbocycles. The first-order valence-electron chi connectivity index (χ1n) is 6.81. The highest BCUT2D eigenvalue weighted by atomic mass is 16.6. The number of fused-ring (bicyclic) bond motifs is 1. The van der Waals surface area contributed by atoms with Crippen LogP contribution >= 0.6 is 0 Å². The van der Waals surface area contributed by atoms with Gasteiger partial charge in [0.25, 0.3) is 0 Å². The second-order valence-electron chi connectivity index (χ2n) is 4.89. The van der Waals surface area contributed by atoms with Crippen molar-refractivity contribution in [2.45, 2.75) is 13.5 Å². The van der Waals surface area contributed by atoms with E-state index >= 15 is 0 Å². The predicted octanol–water partition coefficient (Wildman–Crippen LogP) is 1.30. The fourth-order valence-electron chi connectivity index (χ4n) is 2.37. The maximum atomic E-state index is 4.81. The number of nitrogens with one attached hydrogen (secondary N) is 2. The number of hydrazine groups is 1. The largest absolute Gasteiger partial charge is 0.308 e. The van der Waals surface area contributed by atoms with E-state index in [1.807, 2.05) is 42.0 Å². The van der Waals surface area contributed by atoms with Gasteiger partial charge in [-0.25, -0.2) is 14.6 Å². The molecule has 4 heterocycles. The Morgan fingerprint density at radius 3 is 3.05 bits per heavy atom. The third-order valence-corrected chi connectivity index (χ3v) is 3.41. The molecule has 0 aromatic carbocycles. The summed E-state index contributed by atoms with van der Waals surface area (Å²) in [5.41, 5.74) is 9.96. The van der Waals surface area contributed by atoms with Gasteiger partial charge < -0.3 is 15.4 Å². The molecule has 4 rings (SSSR count). The van der Waals surface area contributed by atoms with Gasteiger partial charge in [0, 0.05) is 12.4 Å². The van der Waals surface area contributed by atoms with Crippen LogP contribution < -0.4 is 10.9 Å². The fraction of sp³-hybridized carbons (Fsp3) is 0.143. The van der Waals surface area contributed by atoms with Gasteiger partial charge in [-0.05, 0) is 36.4 Å². The summed E-state index contributed by atoms with van der Waals surface area (Å²) >= 11 is 0. The van der Waals surface area contributed by atoms with Crippen molar-refractivity contribution in [3.8, 4) is 11.5 Å². The van der Waals surface area contributed by atoms with Crippen molar-refractivity contribution < 1.29 is 4.63 Å². The summed E-state index contributed by atoms with van der Waals surface area (Å²) in [6, 6.07) is 3.78. The lowest BCUT2D eigenvalue weighted by atomic mass is 10.3. The first-order valence-corrected chi connectivity index (χ1v) is 6.81. The van der Waals surface area contributed by atoms with E-state index in [1.165, 1.54) is 0 Å². The van der Waals surface area contributed by atoms with Crippen LogP contribution in [0.4, 0.5) is 0 Å². The molecule has 8 nitrogen and oxygen atoms in total. The highest BCUT2D eigenvalue weighted by Crippen LogP contribution is 2.24. The first kappa shape index (κ1) is 12.6. The van der Waals surface area contributed by atoms with Crippen LogP contribution in [0.2, 0.25) is 0 Å². The van der Waals surface area contributed by atoms with E-state index in [0.717, 1.165) is 16.9 Å². The number of pyridine rings is 1. The third-order valence-electron chi connectivity index (χ3n) is 3.41. The van der Waals surface area contributed by atoms with Crippen LogP contribution in [0.25, 0.3) is 22.7 Å². The van der Waals surface area contributed by atoms with Gasteiger partial charge in [0.1, 0.15) is 11.2 Å². The normalized spacial score (nSPS) is 13.8. The molecular weight excluding hydrogens is 282 g/mol. The molecule has 3 aromatic heterocycles. The smallest absolute Gasteiger partial charge is 0.173 e. The van der Waals surface area contributed by atoms with E-state index in [-0.39, 0.29) is 0 Å². The topological polar surface area (TPSA) is 93.7 Å². The zero-order chi connectivity index (χ0) is 14.9. The number of aromatic nitrogens is 5. The van der Waals surface area contributed by atoms with Gasteiger partial charge in [-0.1, -0.05) is 5.16 Å². The minimum Gasteiger partial charge on any atom is -0.308 e. The van der Waals surface area contributed by atoms with Crippen LogP contribution in [0.5, 0.6) is 0 Å². The highest BCUT2D eigenvalue weighted by molar-refractivity contribution is 5.76. The number of rotatable bonds is 3. The molecule has 8 heteroatoms. The molecule has 1 aliphatic rings. The number of allylic oxidation sites excluding steroid dienone is 3. The minimum atomic E-state index is 0.576. The van der Waals surface area contributed by atoms with E-state index in [2.05, 4.69) is 31.1 Å². The van der Waals surface area contributed by atoms with Crippen molar-refractivity contribution in [2.75, 3.05) is 0 Å². The molecule has 0 radical (unpaired) electrons. The number of hydrogen-bond acceptors (Lipinski definition) is 7. The Morgan fingerprint density at radius 1 is 1.32 bits per heavy atom. The lowest BCUT2D eigenvalue weighted by Crippen LogP contribution is -2.30. The fourth-order valence-corrected chi connectivity index (χ4v) is 2.37.